The van der Waals surface area contributed by atoms with Crippen molar-refractivity contribution in [2.24, 2.45) is 12.0 Å². The van der Waals surface area contributed by atoms with Crippen molar-refractivity contribution in [3.8, 4) is 11.4 Å². The number of thiazole rings is 1. The molecular weight excluding hydrogens is 354 g/mol. The predicted molar refractivity (Wildman–Crippen MR) is 91.7 cm³/mol. The molecule has 0 spiro atoms. The van der Waals surface area contributed by atoms with Crippen LogP contribution in [-0.4, -0.2) is 25.2 Å². The SMILES string of the molecule is Cn1ccsc1=NC(=O)Cn1c(-c2ccc(Cl)cc2)n[nH]c1=S. The molecule has 0 atom stereocenters. The van der Waals surface area contributed by atoms with Crippen LogP contribution >= 0.6 is 35.2 Å². The fourth-order valence-corrected chi connectivity index (χ4v) is 3.07. The van der Waals surface area contributed by atoms with Crippen LogP contribution in [0.3, 0.4) is 0 Å². The molecule has 1 amide bonds. The van der Waals surface area contributed by atoms with Crippen molar-refractivity contribution in [1.29, 1.82) is 0 Å². The quantitative estimate of drug-likeness (QED) is 0.726. The predicted octanol–water partition coefficient (Wildman–Crippen LogP) is 2.79. The molecule has 0 saturated carbocycles. The molecule has 2 aromatic heterocycles. The van der Waals surface area contributed by atoms with Crippen LogP contribution in [0.2, 0.25) is 5.02 Å². The van der Waals surface area contributed by atoms with Gasteiger partial charge in [0.2, 0.25) is 0 Å². The summed E-state index contributed by atoms with van der Waals surface area (Å²) in [5.74, 6) is 0.279. The normalized spacial score (nSPS) is 11.8. The van der Waals surface area contributed by atoms with Gasteiger partial charge in [0.05, 0.1) is 0 Å². The van der Waals surface area contributed by atoms with E-state index in [0.717, 1.165) is 5.56 Å². The van der Waals surface area contributed by atoms with Crippen molar-refractivity contribution in [3.63, 3.8) is 0 Å². The highest BCUT2D eigenvalue weighted by Gasteiger charge is 2.12. The van der Waals surface area contributed by atoms with E-state index in [4.69, 9.17) is 23.8 Å². The molecule has 3 aromatic rings. The van der Waals surface area contributed by atoms with E-state index in [0.29, 0.717) is 20.4 Å². The van der Waals surface area contributed by atoms with E-state index in [2.05, 4.69) is 15.2 Å². The van der Waals surface area contributed by atoms with Crippen LogP contribution in [0, 0.1) is 4.77 Å². The van der Waals surface area contributed by atoms with Crippen LogP contribution in [0.25, 0.3) is 11.4 Å². The first-order valence-electron chi connectivity index (χ1n) is 6.63. The number of nitrogens with zero attached hydrogens (tertiary/aromatic N) is 4. The van der Waals surface area contributed by atoms with Gasteiger partial charge in [0.15, 0.2) is 15.4 Å². The highest BCUT2D eigenvalue weighted by molar-refractivity contribution is 7.71. The first-order valence-corrected chi connectivity index (χ1v) is 8.30. The lowest BCUT2D eigenvalue weighted by Crippen LogP contribution is -2.16. The minimum Gasteiger partial charge on any atom is -0.327 e. The van der Waals surface area contributed by atoms with Crippen LogP contribution in [0.4, 0.5) is 0 Å². The lowest BCUT2D eigenvalue weighted by atomic mass is 10.2. The van der Waals surface area contributed by atoms with Gasteiger partial charge in [-0.1, -0.05) is 11.6 Å². The summed E-state index contributed by atoms with van der Waals surface area (Å²) in [4.78, 5) is 16.9. The Morgan fingerprint density at radius 3 is 2.83 bits per heavy atom. The summed E-state index contributed by atoms with van der Waals surface area (Å²) in [6.07, 6.45) is 1.85. The number of hydrogen-bond donors (Lipinski definition) is 1. The number of rotatable bonds is 3. The van der Waals surface area contributed by atoms with Crippen LogP contribution in [0.5, 0.6) is 0 Å². The molecule has 0 unspecified atom stereocenters. The molecule has 0 radical (unpaired) electrons. The summed E-state index contributed by atoms with van der Waals surface area (Å²) in [6, 6.07) is 7.17. The van der Waals surface area contributed by atoms with Crippen LogP contribution < -0.4 is 4.80 Å². The number of aromatic nitrogens is 4. The van der Waals surface area contributed by atoms with Gasteiger partial charge in [-0.15, -0.1) is 11.3 Å². The van der Waals surface area contributed by atoms with Crippen LogP contribution in [-0.2, 0) is 18.4 Å². The molecule has 2 heterocycles. The van der Waals surface area contributed by atoms with Crippen molar-refractivity contribution >= 4 is 41.1 Å². The number of amides is 1. The third-order valence-electron chi connectivity index (χ3n) is 3.13. The van der Waals surface area contributed by atoms with E-state index in [1.807, 2.05) is 30.8 Å². The minimum atomic E-state index is -0.296. The van der Waals surface area contributed by atoms with Gasteiger partial charge in [-0.3, -0.25) is 14.5 Å². The molecule has 0 aliphatic carbocycles. The summed E-state index contributed by atoms with van der Waals surface area (Å²) >= 11 is 12.5. The molecule has 0 saturated heterocycles. The Morgan fingerprint density at radius 1 is 1.43 bits per heavy atom. The van der Waals surface area contributed by atoms with Gasteiger partial charge in [-0.05, 0) is 36.5 Å². The summed E-state index contributed by atoms with van der Waals surface area (Å²) in [5.41, 5.74) is 0.816. The molecule has 23 heavy (non-hydrogen) atoms. The van der Waals surface area contributed by atoms with Crippen LogP contribution in [0.15, 0.2) is 40.8 Å². The molecule has 1 aromatic carbocycles. The maximum Gasteiger partial charge on any atom is 0.268 e. The number of H-pyrrole nitrogens is 1. The van der Waals surface area contributed by atoms with Crippen LogP contribution in [0.1, 0.15) is 0 Å². The van der Waals surface area contributed by atoms with Crippen molar-refractivity contribution in [2.45, 2.75) is 6.54 Å². The van der Waals surface area contributed by atoms with Gasteiger partial charge in [-0.2, -0.15) is 10.1 Å². The zero-order chi connectivity index (χ0) is 16.4. The molecule has 118 valence electrons. The fourth-order valence-electron chi connectivity index (χ4n) is 2.00. The molecule has 3 rings (SSSR count). The summed E-state index contributed by atoms with van der Waals surface area (Å²) in [7, 11) is 1.84. The topological polar surface area (TPSA) is 68.0 Å². The molecule has 6 nitrogen and oxygen atoms in total. The molecule has 9 heteroatoms. The highest BCUT2D eigenvalue weighted by Crippen LogP contribution is 2.19. The number of benzene rings is 1. The third-order valence-corrected chi connectivity index (χ3v) is 4.55. The van der Waals surface area contributed by atoms with Crippen molar-refractivity contribution in [2.75, 3.05) is 0 Å². The Labute approximate surface area is 145 Å². The van der Waals surface area contributed by atoms with E-state index in [-0.39, 0.29) is 12.5 Å². The lowest BCUT2D eigenvalue weighted by Gasteiger charge is -2.04. The number of aromatic amines is 1. The second-order valence-corrected chi connectivity index (χ2v) is 6.44. The lowest BCUT2D eigenvalue weighted by molar-refractivity contribution is -0.118. The summed E-state index contributed by atoms with van der Waals surface area (Å²) in [6.45, 7) is 0.0190. The van der Waals surface area contributed by atoms with E-state index >= 15 is 0 Å². The molecule has 1 N–H and O–H groups in total. The van der Waals surface area contributed by atoms with Gasteiger partial charge in [-0.25, -0.2) is 0 Å². The van der Waals surface area contributed by atoms with Crippen molar-refractivity contribution < 1.29 is 4.79 Å². The minimum absolute atomic E-state index is 0.0190. The number of aryl methyl sites for hydroxylation is 1. The summed E-state index contributed by atoms with van der Waals surface area (Å²) in [5, 5.41) is 9.40. The second kappa shape index (κ2) is 6.61. The average Bonchev–Trinajstić information content (AvgIpc) is 3.08. The van der Waals surface area contributed by atoms with Gasteiger partial charge in [0, 0.05) is 29.2 Å². The Hall–Kier alpha value is -2.03. The maximum absolute atomic E-state index is 12.2. The van der Waals surface area contributed by atoms with Crippen molar-refractivity contribution in [1.82, 2.24) is 19.3 Å². The Kier molecular flexibility index (Phi) is 4.56. The van der Waals surface area contributed by atoms with Gasteiger partial charge in [0.1, 0.15) is 6.54 Å². The van der Waals surface area contributed by atoms with E-state index in [9.17, 15) is 4.79 Å². The fraction of sp³-hybridized carbons (Fsp3) is 0.143. The summed E-state index contributed by atoms with van der Waals surface area (Å²) < 4.78 is 3.78. The first-order chi connectivity index (χ1) is 11.0. The largest absolute Gasteiger partial charge is 0.327 e. The highest BCUT2D eigenvalue weighted by atomic mass is 35.5. The standard InChI is InChI=1S/C14H12ClN5OS2/c1-19-6-7-23-14(19)16-11(21)8-20-12(17-18-13(20)22)9-2-4-10(15)5-3-9/h2-7H,8H2,1H3,(H,18,22). The van der Waals surface area contributed by atoms with E-state index < -0.39 is 0 Å². The van der Waals surface area contributed by atoms with Gasteiger partial charge >= 0.3 is 0 Å². The zero-order valence-electron chi connectivity index (χ0n) is 12.1. The van der Waals surface area contributed by atoms with E-state index in [1.165, 1.54) is 11.3 Å². The van der Waals surface area contributed by atoms with E-state index in [1.54, 1.807) is 21.3 Å². The molecule has 0 aliphatic heterocycles. The average molecular weight is 366 g/mol. The van der Waals surface area contributed by atoms with Crippen molar-refractivity contribution in [3.05, 3.63) is 50.4 Å². The number of carbonyl (C=O) groups is 1. The van der Waals surface area contributed by atoms with Gasteiger partial charge in [0.25, 0.3) is 5.91 Å². The number of hydrogen-bond acceptors (Lipinski definition) is 4. The Morgan fingerprint density at radius 2 is 2.17 bits per heavy atom. The molecule has 0 fully saturated rings. The smallest absolute Gasteiger partial charge is 0.268 e. The molecule has 0 aliphatic rings. The third kappa shape index (κ3) is 3.49. The number of nitrogens with one attached hydrogen (secondary N) is 1. The molecule has 0 bridgehead atoms. The maximum atomic E-state index is 12.2. The number of carbonyl (C=O) groups excluding carboxylic acids is 1. The molecular formula is C14H12ClN5OS2. The number of halogens is 1. The first kappa shape index (κ1) is 15.9. The zero-order valence-corrected chi connectivity index (χ0v) is 14.5. The second-order valence-electron chi connectivity index (χ2n) is 4.75. The van der Waals surface area contributed by atoms with Gasteiger partial charge < -0.3 is 4.57 Å². The Balaban J connectivity index is 1.94. The monoisotopic (exact) mass is 365 g/mol. The Bertz CT molecular complexity index is 964.